The molecule has 0 aliphatic heterocycles. The Bertz CT molecular complexity index is 84.0. The zero-order valence-corrected chi connectivity index (χ0v) is 6.85. The number of hydrogen-bond donors (Lipinski definition) is 0. The van der Waals surface area contributed by atoms with Gasteiger partial charge in [-0.2, -0.15) is 0 Å². The molecule has 0 nitrogen and oxygen atoms in total. The summed E-state index contributed by atoms with van der Waals surface area (Å²) in [7, 11) is 0. The molecule has 54 valence electrons. The van der Waals surface area contributed by atoms with Crippen LogP contribution in [0.5, 0.6) is 0 Å². The van der Waals surface area contributed by atoms with E-state index >= 15 is 0 Å². The molecule has 0 radical (unpaired) electrons. The minimum absolute atomic E-state index is 0.972. The first-order chi connectivity index (χ1) is 4.24. The summed E-state index contributed by atoms with van der Waals surface area (Å²) >= 11 is 0. The smallest absolute Gasteiger partial charge is 0.0383 e. The molecule has 1 aliphatic rings. The summed E-state index contributed by atoms with van der Waals surface area (Å²) in [6.07, 6.45) is 4.35. The maximum atomic E-state index is 2.37. The maximum Gasteiger partial charge on any atom is -0.0383 e. The first-order valence-corrected chi connectivity index (χ1v) is 4.24. The molecule has 9 heavy (non-hydrogen) atoms. The normalized spacial score (nSPS) is 36.3. The van der Waals surface area contributed by atoms with Gasteiger partial charge in [-0.3, -0.25) is 0 Å². The van der Waals surface area contributed by atoms with Crippen molar-refractivity contribution in [2.24, 2.45) is 17.8 Å². The van der Waals surface area contributed by atoms with Gasteiger partial charge in [0.2, 0.25) is 0 Å². The van der Waals surface area contributed by atoms with Gasteiger partial charge in [0.05, 0.1) is 0 Å². The fourth-order valence-electron chi connectivity index (χ4n) is 1.41. The lowest BCUT2D eigenvalue weighted by Crippen LogP contribution is -1.93. The second-order valence-electron chi connectivity index (χ2n) is 3.72. The molecule has 0 amide bonds. The summed E-state index contributed by atoms with van der Waals surface area (Å²) in [5, 5.41) is 0. The molecule has 0 spiro atoms. The molecule has 0 N–H and O–H groups in total. The minimum atomic E-state index is 0.972. The van der Waals surface area contributed by atoms with Crippen LogP contribution in [0.2, 0.25) is 0 Å². The van der Waals surface area contributed by atoms with E-state index in [9.17, 15) is 0 Å². The summed E-state index contributed by atoms with van der Waals surface area (Å²) in [5.41, 5.74) is 0. The van der Waals surface area contributed by atoms with Gasteiger partial charge in [-0.05, 0) is 30.6 Å². The van der Waals surface area contributed by atoms with Crippen LogP contribution in [0, 0.1) is 17.8 Å². The Hall–Kier alpha value is 0. The summed E-state index contributed by atoms with van der Waals surface area (Å²) in [6.45, 7) is 7.02. The third-order valence-corrected chi connectivity index (χ3v) is 2.68. The fraction of sp³-hybridized carbons (Fsp3) is 1.00. The summed E-state index contributed by atoms with van der Waals surface area (Å²) in [6, 6.07) is 0. The van der Waals surface area contributed by atoms with Crippen LogP contribution in [0.1, 0.15) is 40.0 Å². The van der Waals surface area contributed by atoms with Gasteiger partial charge in [0.15, 0.2) is 0 Å². The lowest BCUT2D eigenvalue weighted by atomic mass is 10.0. The van der Waals surface area contributed by atoms with Crippen molar-refractivity contribution < 1.29 is 0 Å². The zero-order valence-electron chi connectivity index (χ0n) is 6.85. The first-order valence-electron chi connectivity index (χ1n) is 4.24. The van der Waals surface area contributed by atoms with Crippen LogP contribution in [0.25, 0.3) is 0 Å². The molecule has 0 bridgehead atoms. The summed E-state index contributed by atoms with van der Waals surface area (Å²) < 4.78 is 0. The lowest BCUT2D eigenvalue weighted by Gasteiger charge is -2.05. The summed E-state index contributed by atoms with van der Waals surface area (Å²) in [4.78, 5) is 0. The number of hydrogen-bond acceptors (Lipinski definition) is 0. The zero-order chi connectivity index (χ0) is 6.85. The second kappa shape index (κ2) is 2.72. The molecule has 1 saturated carbocycles. The Morgan fingerprint density at radius 2 is 2.11 bits per heavy atom. The maximum absolute atomic E-state index is 2.37. The van der Waals surface area contributed by atoms with E-state index in [1.807, 2.05) is 0 Å². The van der Waals surface area contributed by atoms with Gasteiger partial charge in [0.1, 0.15) is 0 Å². The predicted octanol–water partition coefficient (Wildman–Crippen LogP) is 3.08. The highest BCUT2D eigenvalue weighted by Crippen LogP contribution is 2.42. The van der Waals surface area contributed by atoms with Crippen LogP contribution < -0.4 is 0 Å². The van der Waals surface area contributed by atoms with Crippen molar-refractivity contribution in [3.8, 4) is 0 Å². The van der Waals surface area contributed by atoms with Crippen molar-refractivity contribution in [2.45, 2.75) is 40.0 Å². The van der Waals surface area contributed by atoms with Crippen molar-refractivity contribution in [1.82, 2.24) is 0 Å². The average Bonchev–Trinajstić information content (AvgIpc) is 2.47. The molecule has 3 unspecified atom stereocenters. The third-order valence-electron chi connectivity index (χ3n) is 2.68. The molecule has 1 fully saturated rings. The van der Waals surface area contributed by atoms with E-state index in [-0.39, 0.29) is 0 Å². The van der Waals surface area contributed by atoms with E-state index in [0.29, 0.717) is 0 Å². The lowest BCUT2D eigenvalue weighted by molar-refractivity contribution is 0.469. The van der Waals surface area contributed by atoms with E-state index < -0.39 is 0 Å². The van der Waals surface area contributed by atoms with E-state index in [2.05, 4.69) is 20.8 Å². The van der Waals surface area contributed by atoms with Crippen molar-refractivity contribution in [2.75, 3.05) is 0 Å². The standard InChI is InChI=1S/C9H18/c1-4-7(2)5-9-6-8(9)3/h7-9H,4-6H2,1-3H3. The minimum Gasteiger partial charge on any atom is -0.0651 e. The quantitative estimate of drug-likeness (QED) is 0.545. The molecule has 0 heteroatoms. The third kappa shape index (κ3) is 2.00. The van der Waals surface area contributed by atoms with Gasteiger partial charge < -0.3 is 0 Å². The molecule has 0 aromatic carbocycles. The Kier molecular flexibility index (Phi) is 2.15. The molecule has 0 saturated heterocycles. The van der Waals surface area contributed by atoms with E-state index in [1.165, 1.54) is 19.3 Å². The highest BCUT2D eigenvalue weighted by Gasteiger charge is 2.32. The largest absolute Gasteiger partial charge is 0.0651 e. The molecular weight excluding hydrogens is 108 g/mol. The van der Waals surface area contributed by atoms with Gasteiger partial charge in [-0.1, -0.05) is 27.2 Å². The Morgan fingerprint density at radius 1 is 1.56 bits per heavy atom. The van der Waals surface area contributed by atoms with E-state index in [1.54, 1.807) is 0 Å². The van der Waals surface area contributed by atoms with Gasteiger partial charge in [0.25, 0.3) is 0 Å². The first kappa shape index (κ1) is 7.11. The molecule has 3 atom stereocenters. The van der Waals surface area contributed by atoms with Crippen LogP contribution in [-0.4, -0.2) is 0 Å². The monoisotopic (exact) mass is 126 g/mol. The highest BCUT2D eigenvalue weighted by atomic mass is 14.4. The molecule has 1 rings (SSSR count). The van der Waals surface area contributed by atoms with E-state index in [4.69, 9.17) is 0 Å². The average molecular weight is 126 g/mol. The van der Waals surface area contributed by atoms with Crippen LogP contribution in [0.3, 0.4) is 0 Å². The topological polar surface area (TPSA) is 0 Å². The Balaban J connectivity index is 2.05. The van der Waals surface area contributed by atoms with Crippen LogP contribution in [-0.2, 0) is 0 Å². The van der Waals surface area contributed by atoms with Crippen molar-refractivity contribution in [1.29, 1.82) is 0 Å². The Morgan fingerprint density at radius 3 is 2.44 bits per heavy atom. The van der Waals surface area contributed by atoms with Crippen molar-refractivity contribution in [3.63, 3.8) is 0 Å². The predicted molar refractivity (Wildman–Crippen MR) is 41.3 cm³/mol. The van der Waals surface area contributed by atoms with Crippen LogP contribution >= 0.6 is 0 Å². The molecule has 0 heterocycles. The molecular formula is C9H18. The number of rotatable bonds is 3. The van der Waals surface area contributed by atoms with Gasteiger partial charge >= 0.3 is 0 Å². The van der Waals surface area contributed by atoms with Crippen LogP contribution in [0.4, 0.5) is 0 Å². The Labute approximate surface area is 58.7 Å². The van der Waals surface area contributed by atoms with Gasteiger partial charge in [-0.25, -0.2) is 0 Å². The molecule has 1 aliphatic carbocycles. The second-order valence-corrected chi connectivity index (χ2v) is 3.72. The van der Waals surface area contributed by atoms with Gasteiger partial charge in [-0.15, -0.1) is 0 Å². The SMILES string of the molecule is CCC(C)CC1CC1C. The highest BCUT2D eigenvalue weighted by molar-refractivity contribution is 4.83. The van der Waals surface area contributed by atoms with E-state index in [0.717, 1.165) is 17.8 Å². The molecule has 0 aromatic heterocycles. The van der Waals surface area contributed by atoms with Crippen LogP contribution in [0.15, 0.2) is 0 Å². The van der Waals surface area contributed by atoms with Crippen molar-refractivity contribution in [3.05, 3.63) is 0 Å². The van der Waals surface area contributed by atoms with Crippen molar-refractivity contribution >= 4 is 0 Å². The molecule has 0 aromatic rings. The summed E-state index contributed by atoms with van der Waals surface area (Å²) in [5.74, 6) is 3.12. The fourth-order valence-corrected chi connectivity index (χ4v) is 1.41. The van der Waals surface area contributed by atoms with Gasteiger partial charge in [0, 0.05) is 0 Å².